The molecule has 5 rings (SSSR count). The number of rotatable bonds is 7. The highest BCUT2D eigenvalue weighted by atomic mass is 19.1. The van der Waals surface area contributed by atoms with Gasteiger partial charge in [0.25, 0.3) is 0 Å². The summed E-state index contributed by atoms with van der Waals surface area (Å²) in [5.74, 6) is -1.10. The van der Waals surface area contributed by atoms with Gasteiger partial charge in [-0.1, -0.05) is 42.5 Å². The summed E-state index contributed by atoms with van der Waals surface area (Å²) in [6.45, 7) is 1.87. The van der Waals surface area contributed by atoms with Crippen molar-refractivity contribution >= 4 is 17.8 Å². The molecule has 0 radical (unpaired) electrons. The molecular formula is C28H33F2N5O3. The van der Waals surface area contributed by atoms with E-state index in [-0.39, 0.29) is 37.3 Å². The van der Waals surface area contributed by atoms with E-state index in [0.717, 1.165) is 18.4 Å². The number of hydrogen-bond donors (Lipinski definition) is 3. The fraction of sp³-hybridized carbons (Fsp3) is 0.464. The largest absolute Gasteiger partial charge is 0.343 e. The van der Waals surface area contributed by atoms with E-state index in [1.165, 1.54) is 11.0 Å². The normalized spacial score (nSPS) is 22.2. The van der Waals surface area contributed by atoms with Gasteiger partial charge in [-0.15, -0.1) is 0 Å². The van der Waals surface area contributed by atoms with Gasteiger partial charge in [0, 0.05) is 32.6 Å². The zero-order valence-corrected chi connectivity index (χ0v) is 21.2. The second-order valence-electron chi connectivity index (χ2n) is 10.2. The second-order valence-corrected chi connectivity index (χ2v) is 10.2. The van der Waals surface area contributed by atoms with E-state index in [4.69, 9.17) is 0 Å². The number of likely N-dealkylation sites (tertiary alicyclic amines) is 1. The van der Waals surface area contributed by atoms with E-state index in [2.05, 4.69) is 16.0 Å². The van der Waals surface area contributed by atoms with Gasteiger partial charge in [0.05, 0.1) is 19.1 Å². The van der Waals surface area contributed by atoms with Gasteiger partial charge in [0.15, 0.2) is 0 Å². The number of halogens is 2. The number of urea groups is 1. The summed E-state index contributed by atoms with van der Waals surface area (Å²) >= 11 is 0. The molecule has 0 unspecified atom stereocenters. The van der Waals surface area contributed by atoms with Crippen molar-refractivity contribution in [3.05, 3.63) is 71.0 Å². The predicted molar refractivity (Wildman–Crippen MR) is 138 cm³/mol. The van der Waals surface area contributed by atoms with Crippen molar-refractivity contribution in [3.63, 3.8) is 0 Å². The molecule has 3 fully saturated rings. The molecule has 202 valence electrons. The monoisotopic (exact) mass is 525 g/mol. The number of carbonyl (C=O) groups excluding carboxylic acids is 3. The van der Waals surface area contributed by atoms with Gasteiger partial charge in [-0.3, -0.25) is 9.59 Å². The third-order valence-electron chi connectivity index (χ3n) is 7.46. The lowest BCUT2D eigenvalue weighted by Gasteiger charge is -2.29. The highest BCUT2D eigenvalue weighted by molar-refractivity contribution is 5.91. The lowest BCUT2D eigenvalue weighted by molar-refractivity contribution is -0.137. The molecule has 3 aliphatic rings. The molecule has 2 aromatic rings. The van der Waals surface area contributed by atoms with Crippen molar-refractivity contribution in [2.45, 2.75) is 43.4 Å². The van der Waals surface area contributed by atoms with Gasteiger partial charge < -0.3 is 25.8 Å². The van der Waals surface area contributed by atoms with Crippen molar-refractivity contribution in [3.8, 4) is 0 Å². The first kappa shape index (κ1) is 26.1. The third-order valence-corrected chi connectivity index (χ3v) is 7.46. The fourth-order valence-corrected chi connectivity index (χ4v) is 5.23. The molecule has 0 bridgehead atoms. The Hall–Kier alpha value is -3.53. The van der Waals surface area contributed by atoms with Crippen LogP contribution in [0.4, 0.5) is 13.6 Å². The molecule has 10 heteroatoms. The summed E-state index contributed by atoms with van der Waals surface area (Å²) < 4.78 is 29.4. The van der Waals surface area contributed by atoms with Crippen molar-refractivity contribution in [1.82, 2.24) is 25.8 Å². The zero-order valence-electron chi connectivity index (χ0n) is 21.2. The number of carbonyl (C=O) groups is 3. The fourth-order valence-electron chi connectivity index (χ4n) is 5.23. The molecule has 2 heterocycles. The first-order valence-corrected chi connectivity index (χ1v) is 13.2. The van der Waals surface area contributed by atoms with E-state index in [1.54, 1.807) is 11.0 Å². The van der Waals surface area contributed by atoms with Crippen LogP contribution in [0.25, 0.3) is 0 Å². The van der Waals surface area contributed by atoms with Crippen LogP contribution in [0.1, 0.15) is 47.9 Å². The number of alkyl halides is 1. The van der Waals surface area contributed by atoms with Crippen LogP contribution in [-0.2, 0) is 9.59 Å². The van der Waals surface area contributed by atoms with E-state index in [0.29, 0.717) is 37.3 Å². The van der Waals surface area contributed by atoms with E-state index in [9.17, 15) is 23.2 Å². The number of amides is 4. The van der Waals surface area contributed by atoms with Crippen LogP contribution >= 0.6 is 0 Å². The smallest absolute Gasteiger partial charge is 0.317 e. The number of piperazine rings is 1. The van der Waals surface area contributed by atoms with Crippen LogP contribution < -0.4 is 16.0 Å². The SMILES string of the molecule is O=C(N[C@@H](c1ccccc1)c1ccc(C2CC2)c(F)c1)[C@@H]1C[C@@H](F)CN1C(=O)CNC(=O)N1CCNCC1. The first-order valence-electron chi connectivity index (χ1n) is 13.2. The van der Waals surface area contributed by atoms with Gasteiger partial charge in [0.1, 0.15) is 18.0 Å². The summed E-state index contributed by atoms with van der Waals surface area (Å²) in [7, 11) is 0. The number of nitrogens with one attached hydrogen (secondary N) is 3. The summed E-state index contributed by atoms with van der Waals surface area (Å²) in [4.78, 5) is 41.6. The molecule has 2 saturated heterocycles. The average Bonchev–Trinajstić information content (AvgIpc) is 3.71. The second kappa shape index (κ2) is 11.5. The Bertz CT molecular complexity index is 1170. The molecule has 38 heavy (non-hydrogen) atoms. The molecule has 3 atom stereocenters. The molecule has 2 aliphatic heterocycles. The highest BCUT2D eigenvalue weighted by Gasteiger charge is 2.40. The Morgan fingerprint density at radius 3 is 2.45 bits per heavy atom. The van der Waals surface area contributed by atoms with Crippen LogP contribution in [0.2, 0.25) is 0 Å². The van der Waals surface area contributed by atoms with Crippen LogP contribution in [0, 0.1) is 5.82 Å². The van der Waals surface area contributed by atoms with Crippen molar-refractivity contribution < 1.29 is 23.2 Å². The molecule has 8 nitrogen and oxygen atoms in total. The van der Waals surface area contributed by atoms with Gasteiger partial charge in [-0.2, -0.15) is 0 Å². The van der Waals surface area contributed by atoms with Gasteiger partial charge in [0.2, 0.25) is 11.8 Å². The van der Waals surface area contributed by atoms with Crippen LogP contribution in [0.3, 0.4) is 0 Å². The molecule has 2 aromatic carbocycles. The first-order chi connectivity index (χ1) is 18.4. The number of nitrogens with zero attached hydrogens (tertiary/aromatic N) is 2. The third kappa shape index (κ3) is 5.96. The minimum absolute atomic E-state index is 0.139. The number of hydrogen-bond acceptors (Lipinski definition) is 4. The van der Waals surface area contributed by atoms with Crippen molar-refractivity contribution in [1.29, 1.82) is 0 Å². The topological polar surface area (TPSA) is 93.8 Å². The Morgan fingerprint density at radius 1 is 1.03 bits per heavy atom. The molecule has 1 saturated carbocycles. The van der Waals surface area contributed by atoms with Gasteiger partial charge >= 0.3 is 6.03 Å². The number of benzene rings is 2. The standard InChI is InChI=1S/C28H33F2N5O3/c29-21-15-24(35(17-21)25(36)16-32-28(38)34-12-10-31-11-13-34)27(37)33-26(19-4-2-1-3-5-19)20-8-9-22(18-6-7-18)23(30)14-20/h1-5,8-9,14,18,21,24,26,31H,6-7,10-13,15-17H2,(H,32,38)(H,33,37)/t21-,24+,26+/m1/s1. The van der Waals surface area contributed by atoms with E-state index < -0.39 is 30.1 Å². The van der Waals surface area contributed by atoms with Crippen molar-refractivity contribution in [2.75, 3.05) is 39.3 Å². The van der Waals surface area contributed by atoms with Gasteiger partial charge in [-0.25, -0.2) is 13.6 Å². The summed E-state index contributed by atoms with van der Waals surface area (Å²) in [5.41, 5.74) is 2.00. The maximum Gasteiger partial charge on any atom is 0.317 e. The van der Waals surface area contributed by atoms with E-state index >= 15 is 0 Å². The highest BCUT2D eigenvalue weighted by Crippen LogP contribution is 2.42. The van der Waals surface area contributed by atoms with Crippen LogP contribution in [0.15, 0.2) is 48.5 Å². The minimum Gasteiger partial charge on any atom is -0.343 e. The van der Waals surface area contributed by atoms with E-state index in [1.807, 2.05) is 36.4 Å². The maximum atomic E-state index is 14.9. The minimum atomic E-state index is -1.36. The molecule has 1 aliphatic carbocycles. The lowest BCUT2D eigenvalue weighted by Crippen LogP contribution is -2.53. The molecule has 3 N–H and O–H groups in total. The van der Waals surface area contributed by atoms with Crippen LogP contribution in [0.5, 0.6) is 0 Å². The Labute approximate surface area is 220 Å². The predicted octanol–water partition coefficient (Wildman–Crippen LogP) is 2.46. The van der Waals surface area contributed by atoms with Crippen molar-refractivity contribution in [2.24, 2.45) is 0 Å². The average molecular weight is 526 g/mol. The summed E-state index contributed by atoms with van der Waals surface area (Å²) in [5, 5.41) is 8.68. The van der Waals surface area contributed by atoms with Crippen LogP contribution in [-0.4, -0.2) is 79.1 Å². The lowest BCUT2D eigenvalue weighted by atomic mass is 9.96. The molecule has 0 spiro atoms. The Kier molecular flexibility index (Phi) is 7.87. The quantitative estimate of drug-likeness (QED) is 0.518. The molecule has 4 amide bonds. The van der Waals surface area contributed by atoms with Gasteiger partial charge in [-0.05, 0) is 41.5 Å². The molecule has 0 aromatic heterocycles. The Balaban J connectivity index is 1.29. The maximum absolute atomic E-state index is 14.9. The summed E-state index contributed by atoms with van der Waals surface area (Å²) in [6.07, 6.45) is 0.449. The molecular weight excluding hydrogens is 492 g/mol. The summed E-state index contributed by atoms with van der Waals surface area (Å²) in [6, 6.07) is 12.1. The zero-order chi connectivity index (χ0) is 26.6. The Morgan fingerprint density at radius 2 is 1.76 bits per heavy atom.